The molecule has 1 N–H and O–H groups in total. The van der Waals surface area contributed by atoms with E-state index in [1.807, 2.05) is 13.8 Å². The smallest absolute Gasteiger partial charge is 0.266 e. The summed E-state index contributed by atoms with van der Waals surface area (Å²) in [5.74, 6) is -0.731. The largest absolute Gasteiger partial charge is 0.380 e. The second-order valence-electron chi connectivity index (χ2n) is 5.51. The Kier molecular flexibility index (Phi) is 4.86. The molecule has 128 valence electrons. The summed E-state index contributed by atoms with van der Waals surface area (Å²) in [6, 6.07) is 6.90. The molecule has 2 aromatic heterocycles. The van der Waals surface area contributed by atoms with Gasteiger partial charge in [0, 0.05) is 27.6 Å². The van der Waals surface area contributed by atoms with Crippen molar-refractivity contribution >= 4 is 43.7 Å². The summed E-state index contributed by atoms with van der Waals surface area (Å²) in [7, 11) is 1.51. The van der Waals surface area contributed by atoms with E-state index in [4.69, 9.17) is 4.74 Å². The number of nitriles is 1. The van der Waals surface area contributed by atoms with Crippen molar-refractivity contribution in [3.05, 3.63) is 50.5 Å². The number of fused-ring (bicyclic) bond motifs is 1. The number of aryl methyl sites for hydroxylation is 1. The molecule has 3 rings (SSSR count). The Morgan fingerprint density at radius 3 is 2.80 bits per heavy atom. The number of ether oxygens (including phenoxy) is 1. The highest BCUT2D eigenvalue weighted by atomic mass is 32.1. The topological polar surface area (TPSA) is 62.1 Å². The molecular weight excluding hydrogens is 359 g/mol. The number of amides is 1. The van der Waals surface area contributed by atoms with Crippen LogP contribution >= 0.6 is 22.7 Å². The molecule has 0 radical (unpaired) electrons. The van der Waals surface area contributed by atoms with Gasteiger partial charge in [0.2, 0.25) is 0 Å². The summed E-state index contributed by atoms with van der Waals surface area (Å²) in [5, 5.41) is 13.1. The lowest BCUT2D eigenvalue weighted by Crippen LogP contribution is -2.12. The van der Waals surface area contributed by atoms with Crippen LogP contribution in [0.1, 0.15) is 31.2 Å². The van der Waals surface area contributed by atoms with Crippen molar-refractivity contribution in [2.24, 2.45) is 0 Å². The highest BCUT2D eigenvalue weighted by molar-refractivity contribution is 7.21. The summed E-state index contributed by atoms with van der Waals surface area (Å²) in [6.07, 6.45) is 0. The van der Waals surface area contributed by atoms with Gasteiger partial charge in [-0.25, -0.2) is 4.39 Å². The summed E-state index contributed by atoms with van der Waals surface area (Å²) < 4.78 is 20.1. The van der Waals surface area contributed by atoms with Crippen LogP contribution in [0.5, 0.6) is 0 Å². The zero-order valence-corrected chi connectivity index (χ0v) is 15.5. The van der Waals surface area contributed by atoms with E-state index in [9.17, 15) is 14.4 Å². The maximum absolute atomic E-state index is 14.2. The number of methoxy groups -OCH3 is 1. The number of hydrogen-bond acceptors (Lipinski definition) is 5. The van der Waals surface area contributed by atoms with Crippen LogP contribution in [0.3, 0.4) is 0 Å². The number of rotatable bonds is 4. The van der Waals surface area contributed by atoms with Crippen LogP contribution in [-0.4, -0.2) is 13.0 Å². The van der Waals surface area contributed by atoms with Gasteiger partial charge in [-0.3, -0.25) is 4.79 Å². The molecule has 2 heterocycles. The maximum Gasteiger partial charge on any atom is 0.266 e. The minimum atomic E-state index is -0.375. The molecule has 1 amide bonds. The highest BCUT2D eigenvalue weighted by Crippen LogP contribution is 2.36. The van der Waals surface area contributed by atoms with Gasteiger partial charge in [-0.1, -0.05) is 6.07 Å². The summed E-state index contributed by atoms with van der Waals surface area (Å²) in [5.41, 5.74) is 1.86. The van der Waals surface area contributed by atoms with Crippen molar-refractivity contribution in [2.45, 2.75) is 20.5 Å². The molecule has 0 aliphatic heterocycles. The first-order chi connectivity index (χ1) is 12.0. The Balaban J connectivity index is 2.06. The Morgan fingerprint density at radius 1 is 1.36 bits per heavy atom. The molecule has 0 saturated heterocycles. The first-order valence-corrected chi connectivity index (χ1v) is 9.11. The van der Waals surface area contributed by atoms with Gasteiger partial charge in [-0.05, 0) is 31.5 Å². The van der Waals surface area contributed by atoms with E-state index >= 15 is 0 Å². The Hall–Kier alpha value is -2.27. The minimum Gasteiger partial charge on any atom is -0.380 e. The molecule has 3 aromatic rings. The average Bonchev–Trinajstić information content (AvgIpc) is 3.07. The van der Waals surface area contributed by atoms with Crippen LogP contribution in [-0.2, 0) is 11.3 Å². The molecule has 4 nitrogen and oxygen atoms in total. The molecule has 0 unspecified atom stereocenters. The fraction of sp³-hybridized carbons (Fsp3) is 0.222. The fourth-order valence-corrected chi connectivity index (χ4v) is 4.77. The third-order valence-corrected chi connectivity index (χ3v) is 6.30. The number of nitrogens with one attached hydrogen (secondary N) is 1. The molecule has 0 aliphatic rings. The van der Waals surface area contributed by atoms with Gasteiger partial charge in [0.15, 0.2) is 0 Å². The lowest BCUT2D eigenvalue weighted by molar-refractivity contribution is 0.102. The number of thiophene rings is 2. The quantitative estimate of drug-likeness (QED) is 0.700. The maximum atomic E-state index is 14.2. The highest BCUT2D eigenvalue weighted by Gasteiger charge is 2.22. The number of nitrogens with zero attached hydrogens (tertiary/aromatic N) is 1. The Bertz CT molecular complexity index is 1010. The van der Waals surface area contributed by atoms with E-state index in [0.717, 1.165) is 10.4 Å². The van der Waals surface area contributed by atoms with E-state index in [2.05, 4.69) is 11.4 Å². The number of halogens is 1. The van der Waals surface area contributed by atoms with Gasteiger partial charge >= 0.3 is 0 Å². The molecule has 1 aromatic carbocycles. The summed E-state index contributed by atoms with van der Waals surface area (Å²) in [4.78, 5) is 14.2. The normalized spacial score (nSPS) is 10.8. The van der Waals surface area contributed by atoms with Crippen molar-refractivity contribution in [2.75, 3.05) is 12.4 Å². The lowest BCUT2D eigenvalue weighted by Gasteiger charge is -2.05. The van der Waals surface area contributed by atoms with Crippen molar-refractivity contribution < 1.29 is 13.9 Å². The predicted octanol–water partition coefficient (Wildman–Crippen LogP) is 4.99. The molecule has 0 saturated carbocycles. The lowest BCUT2D eigenvalue weighted by atomic mass is 10.1. The molecule has 25 heavy (non-hydrogen) atoms. The third kappa shape index (κ3) is 3.04. The van der Waals surface area contributed by atoms with E-state index in [1.54, 1.807) is 12.1 Å². The SMILES string of the molecule is COCc1c(C(=O)Nc2sc(C)c(C)c2C#N)sc2cccc(F)c12. The van der Waals surface area contributed by atoms with Gasteiger partial charge in [0.1, 0.15) is 16.9 Å². The predicted molar refractivity (Wildman–Crippen MR) is 99.0 cm³/mol. The average molecular weight is 374 g/mol. The molecular formula is C18H15FN2O2S2. The summed E-state index contributed by atoms with van der Waals surface area (Å²) in [6.45, 7) is 3.89. The molecule has 0 bridgehead atoms. The second kappa shape index (κ2) is 6.92. The van der Waals surface area contributed by atoms with Gasteiger partial charge in [-0.2, -0.15) is 5.26 Å². The molecule has 0 fully saturated rings. The third-order valence-electron chi connectivity index (χ3n) is 3.98. The first-order valence-electron chi connectivity index (χ1n) is 7.48. The van der Waals surface area contributed by atoms with Crippen molar-refractivity contribution in [3.63, 3.8) is 0 Å². The second-order valence-corrected chi connectivity index (χ2v) is 7.79. The van der Waals surface area contributed by atoms with Crippen LogP contribution < -0.4 is 5.32 Å². The van der Waals surface area contributed by atoms with Crippen LogP contribution in [0.25, 0.3) is 10.1 Å². The minimum absolute atomic E-state index is 0.136. The van der Waals surface area contributed by atoms with Crippen molar-refractivity contribution in [3.8, 4) is 6.07 Å². The van der Waals surface area contributed by atoms with E-state index in [0.29, 0.717) is 31.1 Å². The number of anilines is 1. The first kappa shape index (κ1) is 17.5. The van der Waals surface area contributed by atoms with Crippen molar-refractivity contribution in [1.82, 2.24) is 0 Å². The van der Waals surface area contributed by atoms with E-state index in [-0.39, 0.29) is 18.3 Å². The number of hydrogen-bond donors (Lipinski definition) is 1. The van der Waals surface area contributed by atoms with Gasteiger partial charge in [0.05, 0.1) is 17.0 Å². The number of benzene rings is 1. The fourth-order valence-electron chi connectivity index (χ4n) is 2.64. The molecule has 0 aliphatic carbocycles. The Morgan fingerprint density at radius 2 is 2.12 bits per heavy atom. The van der Waals surface area contributed by atoms with Gasteiger partial charge in [0.25, 0.3) is 5.91 Å². The zero-order valence-electron chi connectivity index (χ0n) is 13.9. The van der Waals surface area contributed by atoms with Crippen LogP contribution in [0.4, 0.5) is 9.39 Å². The standard InChI is InChI=1S/C18H15FN2O2S2/c1-9-10(2)24-18(11(9)7-20)21-17(22)16-12(8-23-3)15-13(19)5-4-6-14(15)25-16/h4-6H,8H2,1-3H3,(H,21,22). The summed E-state index contributed by atoms with van der Waals surface area (Å²) >= 11 is 2.58. The Labute approximate surface area is 152 Å². The van der Waals surface area contributed by atoms with Crippen LogP contribution in [0, 0.1) is 31.0 Å². The number of carbonyl (C=O) groups excluding carboxylic acids is 1. The van der Waals surface area contributed by atoms with E-state index in [1.165, 1.54) is 35.8 Å². The monoisotopic (exact) mass is 374 g/mol. The number of carbonyl (C=O) groups is 1. The molecule has 0 spiro atoms. The molecule has 7 heteroatoms. The van der Waals surface area contributed by atoms with Crippen molar-refractivity contribution in [1.29, 1.82) is 5.26 Å². The van der Waals surface area contributed by atoms with Gasteiger partial charge in [-0.15, -0.1) is 22.7 Å². The van der Waals surface area contributed by atoms with Crippen LogP contribution in [0.15, 0.2) is 18.2 Å². The zero-order chi connectivity index (χ0) is 18.1. The molecule has 0 atom stereocenters. The van der Waals surface area contributed by atoms with Gasteiger partial charge < -0.3 is 10.1 Å². The van der Waals surface area contributed by atoms with Crippen LogP contribution in [0.2, 0.25) is 0 Å². The van der Waals surface area contributed by atoms with E-state index < -0.39 is 0 Å².